The Morgan fingerprint density at radius 2 is 2.29 bits per heavy atom. The highest BCUT2D eigenvalue weighted by molar-refractivity contribution is 5.72. The molecule has 1 spiro atoms. The van der Waals surface area contributed by atoms with Crippen LogP contribution in [0.3, 0.4) is 0 Å². The molecule has 1 fully saturated rings. The second-order valence-electron chi connectivity index (χ2n) is 5.62. The normalized spacial score (nSPS) is 31.5. The number of hydrogen-bond donors (Lipinski definition) is 2. The molecule has 1 heterocycles. The lowest BCUT2D eigenvalue weighted by atomic mass is 9.75. The van der Waals surface area contributed by atoms with Crippen LogP contribution in [0.1, 0.15) is 32.6 Å². The van der Waals surface area contributed by atoms with Gasteiger partial charge >= 0.3 is 0 Å². The van der Waals surface area contributed by atoms with Crippen molar-refractivity contribution < 1.29 is 4.39 Å². The van der Waals surface area contributed by atoms with E-state index in [1.54, 1.807) is 6.07 Å². The minimum atomic E-state index is -0.159. The summed E-state index contributed by atoms with van der Waals surface area (Å²) in [5.74, 6) is 0.599. The van der Waals surface area contributed by atoms with Crippen LogP contribution in [0, 0.1) is 11.7 Å². The molecule has 0 aromatic heterocycles. The molecule has 0 bridgehead atoms. The predicted molar refractivity (Wildman–Crippen MR) is 68.9 cm³/mol. The monoisotopic (exact) mass is 234 g/mol. The Bertz CT molecular complexity index is 432. The van der Waals surface area contributed by atoms with E-state index in [-0.39, 0.29) is 11.4 Å². The predicted octanol–water partition coefficient (Wildman–Crippen LogP) is 3.61. The van der Waals surface area contributed by atoms with Crippen LogP contribution in [0.4, 0.5) is 15.8 Å². The maximum Gasteiger partial charge on any atom is 0.148 e. The first kappa shape index (κ1) is 10.9. The van der Waals surface area contributed by atoms with E-state index < -0.39 is 0 Å². The van der Waals surface area contributed by atoms with Gasteiger partial charge in [-0.15, -0.1) is 0 Å². The van der Waals surface area contributed by atoms with Crippen LogP contribution >= 0.6 is 0 Å². The molecule has 1 aliphatic heterocycles. The highest BCUT2D eigenvalue weighted by Gasteiger charge is 2.38. The van der Waals surface area contributed by atoms with Gasteiger partial charge in [-0.05, 0) is 30.9 Å². The number of fused-ring (bicyclic) bond motifs is 1. The molecule has 0 amide bonds. The van der Waals surface area contributed by atoms with Crippen LogP contribution in [0.2, 0.25) is 0 Å². The molecular weight excluding hydrogens is 215 g/mol. The second kappa shape index (κ2) is 3.90. The van der Waals surface area contributed by atoms with E-state index in [1.165, 1.54) is 31.7 Å². The summed E-state index contributed by atoms with van der Waals surface area (Å²) in [6.45, 7) is 3.15. The van der Waals surface area contributed by atoms with Crippen LogP contribution in [0.15, 0.2) is 18.2 Å². The first-order valence-electron chi connectivity index (χ1n) is 6.49. The van der Waals surface area contributed by atoms with Crippen LogP contribution in [-0.2, 0) is 0 Å². The summed E-state index contributed by atoms with van der Waals surface area (Å²) in [4.78, 5) is 0. The quantitative estimate of drug-likeness (QED) is 0.716. The molecule has 2 unspecified atom stereocenters. The van der Waals surface area contributed by atoms with E-state index in [0.717, 1.165) is 18.2 Å². The lowest BCUT2D eigenvalue weighted by Crippen LogP contribution is -2.50. The Hall–Kier alpha value is -1.25. The van der Waals surface area contributed by atoms with Crippen molar-refractivity contribution in [3.05, 3.63) is 24.0 Å². The number of nitrogens with one attached hydrogen (secondary N) is 2. The smallest absolute Gasteiger partial charge is 0.148 e. The molecule has 2 N–H and O–H groups in total. The fourth-order valence-corrected chi connectivity index (χ4v) is 3.33. The summed E-state index contributed by atoms with van der Waals surface area (Å²) in [6, 6.07) is 5.24. The Kier molecular flexibility index (Phi) is 2.49. The van der Waals surface area contributed by atoms with Gasteiger partial charge in [-0.25, -0.2) is 4.39 Å². The maximum atomic E-state index is 13.6. The summed E-state index contributed by atoms with van der Waals surface area (Å²) in [6.07, 6.45) is 4.94. The number of anilines is 2. The zero-order valence-corrected chi connectivity index (χ0v) is 10.2. The number of halogens is 1. The number of benzene rings is 1. The van der Waals surface area contributed by atoms with Gasteiger partial charge in [-0.3, -0.25) is 0 Å². The molecular formula is C14H19FN2. The zero-order chi connectivity index (χ0) is 11.9. The first-order valence-corrected chi connectivity index (χ1v) is 6.49. The minimum absolute atomic E-state index is 0.137. The van der Waals surface area contributed by atoms with Crippen LogP contribution in [-0.4, -0.2) is 12.1 Å². The molecule has 3 rings (SSSR count). The largest absolute Gasteiger partial charge is 0.379 e. The number of rotatable bonds is 0. The second-order valence-corrected chi connectivity index (χ2v) is 5.62. The highest BCUT2D eigenvalue weighted by Crippen LogP contribution is 2.40. The Labute approximate surface area is 102 Å². The van der Waals surface area contributed by atoms with E-state index in [2.05, 4.69) is 17.6 Å². The van der Waals surface area contributed by atoms with E-state index in [0.29, 0.717) is 5.69 Å². The van der Waals surface area contributed by atoms with Crippen molar-refractivity contribution >= 4 is 11.4 Å². The average molecular weight is 234 g/mol. The third kappa shape index (κ3) is 1.88. The SMILES string of the molecule is CC1CCCC2(CNc3c(F)cccc3N2)C1. The summed E-state index contributed by atoms with van der Waals surface area (Å²) in [5.41, 5.74) is 1.69. The topological polar surface area (TPSA) is 24.1 Å². The molecule has 17 heavy (non-hydrogen) atoms. The standard InChI is InChI=1S/C14H19FN2/c1-10-4-3-7-14(8-10)9-16-13-11(15)5-2-6-12(13)17-14/h2,5-6,10,16-17H,3-4,7-9H2,1H3. The van der Waals surface area contributed by atoms with Gasteiger partial charge < -0.3 is 10.6 Å². The van der Waals surface area contributed by atoms with Crippen molar-refractivity contribution in [1.29, 1.82) is 0 Å². The summed E-state index contributed by atoms with van der Waals surface area (Å²) in [5, 5.41) is 6.86. The van der Waals surface area contributed by atoms with Crippen molar-refractivity contribution in [1.82, 2.24) is 0 Å². The summed E-state index contributed by atoms with van der Waals surface area (Å²) in [7, 11) is 0. The fourth-order valence-electron chi connectivity index (χ4n) is 3.33. The molecule has 0 saturated heterocycles. The first-order chi connectivity index (χ1) is 8.19. The van der Waals surface area contributed by atoms with Gasteiger partial charge in [0.2, 0.25) is 0 Å². The third-order valence-electron chi connectivity index (χ3n) is 4.11. The zero-order valence-electron chi connectivity index (χ0n) is 10.2. The Balaban J connectivity index is 1.89. The minimum Gasteiger partial charge on any atom is -0.379 e. The summed E-state index contributed by atoms with van der Waals surface area (Å²) < 4.78 is 13.6. The summed E-state index contributed by atoms with van der Waals surface area (Å²) >= 11 is 0. The molecule has 92 valence electrons. The molecule has 1 aliphatic carbocycles. The number of para-hydroxylation sites is 1. The van der Waals surface area contributed by atoms with Crippen molar-refractivity contribution in [3.8, 4) is 0 Å². The molecule has 0 radical (unpaired) electrons. The average Bonchev–Trinajstić information content (AvgIpc) is 2.28. The van der Waals surface area contributed by atoms with Gasteiger partial charge in [0.25, 0.3) is 0 Å². The van der Waals surface area contributed by atoms with Crippen molar-refractivity contribution in [3.63, 3.8) is 0 Å². The van der Waals surface area contributed by atoms with Gasteiger partial charge in [-0.1, -0.05) is 25.8 Å². The Morgan fingerprint density at radius 1 is 1.41 bits per heavy atom. The van der Waals surface area contributed by atoms with Crippen molar-refractivity contribution in [2.24, 2.45) is 5.92 Å². The van der Waals surface area contributed by atoms with Crippen molar-refractivity contribution in [2.75, 3.05) is 17.2 Å². The Morgan fingerprint density at radius 3 is 3.12 bits per heavy atom. The molecule has 1 aromatic rings. The van der Waals surface area contributed by atoms with Gasteiger partial charge in [0.1, 0.15) is 5.82 Å². The van der Waals surface area contributed by atoms with Gasteiger partial charge in [-0.2, -0.15) is 0 Å². The fraction of sp³-hybridized carbons (Fsp3) is 0.571. The van der Waals surface area contributed by atoms with E-state index >= 15 is 0 Å². The van der Waals surface area contributed by atoms with E-state index in [9.17, 15) is 4.39 Å². The van der Waals surface area contributed by atoms with E-state index in [4.69, 9.17) is 0 Å². The molecule has 3 heteroatoms. The van der Waals surface area contributed by atoms with Crippen LogP contribution in [0.5, 0.6) is 0 Å². The van der Waals surface area contributed by atoms with Gasteiger partial charge in [0.05, 0.1) is 16.9 Å². The number of hydrogen-bond acceptors (Lipinski definition) is 2. The molecule has 2 nitrogen and oxygen atoms in total. The van der Waals surface area contributed by atoms with Gasteiger partial charge in [0.15, 0.2) is 0 Å². The van der Waals surface area contributed by atoms with E-state index in [1.807, 2.05) is 6.07 Å². The lowest BCUT2D eigenvalue weighted by molar-refractivity contribution is 0.266. The molecule has 2 aliphatic rings. The van der Waals surface area contributed by atoms with Crippen LogP contribution < -0.4 is 10.6 Å². The van der Waals surface area contributed by atoms with Crippen LogP contribution in [0.25, 0.3) is 0 Å². The molecule has 1 aromatic carbocycles. The maximum absolute atomic E-state index is 13.6. The van der Waals surface area contributed by atoms with Crippen molar-refractivity contribution in [2.45, 2.75) is 38.1 Å². The van der Waals surface area contributed by atoms with Gasteiger partial charge in [0, 0.05) is 6.54 Å². The highest BCUT2D eigenvalue weighted by atomic mass is 19.1. The third-order valence-corrected chi connectivity index (χ3v) is 4.11. The molecule has 1 saturated carbocycles. The lowest BCUT2D eigenvalue weighted by Gasteiger charge is -2.45. The molecule has 2 atom stereocenters.